The monoisotopic (exact) mass is 862 g/mol. The lowest BCUT2D eigenvalue weighted by atomic mass is 10.1. The second-order valence-corrected chi connectivity index (χ2v) is 21.3. The summed E-state index contributed by atoms with van der Waals surface area (Å²) in [5.74, 6) is 2.10. The first kappa shape index (κ1) is 45.3. The molecule has 60 heavy (non-hydrogen) atoms. The van der Waals surface area contributed by atoms with Crippen molar-refractivity contribution >= 4 is 87.1 Å². The molecule has 0 bridgehead atoms. The Morgan fingerprint density at radius 3 is 1.53 bits per heavy atom. The molecular formula is C45H53ClN10O2P2. The van der Waals surface area contributed by atoms with E-state index in [2.05, 4.69) is 88.4 Å². The smallest absolute Gasteiger partial charge is 0.135 e. The van der Waals surface area contributed by atoms with E-state index >= 15 is 0 Å². The molecule has 15 heteroatoms. The Hall–Kier alpha value is -5.77. The van der Waals surface area contributed by atoms with E-state index in [1.807, 2.05) is 72.9 Å². The first-order chi connectivity index (χ1) is 28.4. The zero-order chi connectivity index (χ0) is 41.8. The molecule has 0 saturated carbocycles. The number of nitrogens with two attached hydrogens (primary N) is 1. The predicted molar refractivity (Wildman–Crippen MR) is 255 cm³/mol. The van der Waals surface area contributed by atoms with Crippen LogP contribution in [-0.4, -0.2) is 69.7 Å². The van der Waals surface area contributed by atoms with E-state index in [9.17, 15) is 9.13 Å². The first-order valence-corrected chi connectivity index (χ1v) is 24.6. The lowest BCUT2D eigenvalue weighted by Gasteiger charge is -2.10. The lowest BCUT2D eigenvalue weighted by molar-refractivity contribution is 0.587. The second kappa shape index (κ2) is 21.0. The largest absolute Gasteiger partial charge is 0.370 e. The average Bonchev–Trinajstić information content (AvgIpc) is 3.83. The van der Waals surface area contributed by atoms with Gasteiger partial charge in [-0.25, -0.2) is 19.9 Å². The number of aromatic nitrogens is 6. The van der Waals surface area contributed by atoms with Crippen LogP contribution in [0.4, 0.5) is 28.8 Å². The maximum Gasteiger partial charge on any atom is 0.135 e. The molecule has 0 atom stereocenters. The van der Waals surface area contributed by atoms with Crippen molar-refractivity contribution in [2.75, 3.05) is 55.7 Å². The summed E-state index contributed by atoms with van der Waals surface area (Å²) in [5, 5.41) is 14.4. The van der Waals surface area contributed by atoms with E-state index in [-0.39, 0.29) is 7.43 Å². The number of anilines is 5. The van der Waals surface area contributed by atoms with Crippen LogP contribution in [0.1, 0.15) is 18.6 Å². The highest BCUT2D eigenvalue weighted by Gasteiger charge is 2.12. The van der Waals surface area contributed by atoms with Gasteiger partial charge in [0, 0.05) is 74.9 Å². The molecule has 7 N–H and O–H groups in total. The van der Waals surface area contributed by atoms with Gasteiger partial charge in [-0.05, 0) is 118 Å². The molecule has 0 saturated heterocycles. The zero-order valence-electron chi connectivity index (χ0n) is 33.5. The van der Waals surface area contributed by atoms with Crippen LogP contribution in [-0.2, 0) is 22.0 Å². The van der Waals surface area contributed by atoms with E-state index in [1.54, 1.807) is 32.7 Å². The summed E-state index contributed by atoms with van der Waals surface area (Å²) in [4.78, 5) is 23.0. The number of hydrogen-bond acceptors (Lipinski definition) is 10. The van der Waals surface area contributed by atoms with Crippen LogP contribution in [0.15, 0.2) is 134 Å². The summed E-state index contributed by atoms with van der Waals surface area (Å²) in [5.41, 5.74) is 12.2. The molecule has 8 rings (SSSR count). The van der Waals surface area contributed by atoms with Crippen molar-refractivity contribution in [1.29, 1.82) is 0 Å². The Morgan fingerprint density at radius 1 is 0.600 bits per heavy atom. The molecule has 4 aromatic carbocycles. The van der Waals surface area contributed by atoms with E-state index in [0.717, 1.165) is 52.7 Å². The van der Waals surface area contributed by atoms with Gasteiger partial charge in [0.15, 0.2) is 0 Å². The SMILES string of the molecule is C.CP(C)(=O)c1ccc(Nc2cc(Cl)ncn2)cc1.CP(C)(=O)c1ccc(Nc2cc(NCCc3c[nH]c4ccccc34)ncn2)cc1.NCCc1c[nH]c2ccccc12. The Morgan fingerprint density at radius 2 is 1.05 bits per heavy atom. The molecule has 4 aromatic heterocycles. The normalized spacial score (nSPS) is 11.1. The number of hydrogen-bond donors (Lipinski definition) is 6. The highest BCUT2D eigenvalue weighted by Crippen LogP contribution is 2.35. The van der Waals surface area contributed by atoms with Gasteiger partial charge < -0.3 is 40.8 Å². The van der Waals surface area contributed by atoms with E-state index in [4.69, 9.17) is 17.3 Å². The predicted octanol–water partition coefficient (Wildman–Crippen LogP) is 10.0. The fourth-order valence-electron chi connectivity index (χ4n) is 6.19. The third-order valence-electron chi connectivity index (χ3n) is 9.29. The first-order valence-electron chi connectivity index (χ1n) is 19.0. The van der Waals surface area contributed by atoms with Gasteiger partial charge in [0.05, 0.1) is 0 Å². The quantitative estimate of drug-likeness (QED) is 0.0511. The van der Waals surface area contributed by atoms with Gasteiger partial charge in [-0.15, -0.1) is 0 Å². The average molecular weight is 863 g/mol. The van der Waals surface area contributed by atoms with Crippen LogP contribution >= 0.6 is 25.9 Å². The van der Waals surface area contributed by atoms with Crippen molar-refractivity contribution < 1.29 is 9.13 Å². The van der Waals surface area contributed by atoms with E-state index in [1.165, 1.54) is 40.1 Å². The molecule has 0 unspecified atom stereocenters. The molecule has 0 aliphatic heterocycles. The van der Waals surface area contributed by atoms with Crippen LogP contribution in [0.2, 0.25) is 5.15 Å². The third-order valence-corrected chi connectivity index (χ3v) is 12.6. The van der Waals surface area contributed by atoms with E-state index in [0.29, 0.717) is 23.3 Å². The minimum Gasteiger partial charge on any atom is -0.370 e. The number of fused-ring (bicyclic) bond motifs is 2. The number of nitrogens with zero attached hydrogens (tertiary/aromatic N) is 4. The Balaban J connectivity index is 0.000000187. The van der Waals surface area contributed by atoms with Crippen LogP contribution in [0.3, 0.4) is 0 Å². The van der Waals surface area contributed by atoms with Gasteiger partial charge >= 0.3 is 0 Å². The maximum absolute atomic E-state index is 12.1. The van der Waals surface area contributed by atoms with Crippen LogP contribution in [0, 0.1) is 0 Å². The summed E-state index contributed by atoms with van der Waals surface area (Å²) in [6.45, 7) is 8.53. The van der Waals surface area contributed by atoms with Crippen LogP contribution in [0.5, 0.6) is 0 Å². The third kappa shape index (κ3) is 12.9. The number of para-hydroxylation sites is 2. The minimum atomic E-state index is -2.24. The summed E-state index contributed by atoms with van der Waals surface area (Å²) in [6, 6.07) is 35.2. The van der Waals surface area contributed by atoms with Crippen molar-refractivity contribution in [3.05, 3.63) is 151 Å². The van der Waals surface area contributed by atoms with Crippen molar-refractivity contribution in [3.63, 3.8) is 0 Å². The molecule has 0 spiro atoms. The maximum atomic E-state index is 12.1. The number of halogens is 1. The Bertz CT molecular complexity index is 2690. The molecule has 4 heterocycles. The summed E-state index contributed by atoms with van der Waals surface area (Å²) < 4.78 is 24.0. The standard InChI is InChI=1S/C22H24N5OP.C12H13ClN3OP.C10H12N2.CH4/c1-29(2,28)18-9-7-17(8-10-18)27-22-13-21(25-15-26-22)23-12-11-16-14-24-20-6-4-3-5-19(16)20;1-18(2,17)10-5-3-9(4-6-10)16-12-7-11(13)14-8-15-12;11-6-5-8-7-12-10-4-2-1-3-9(8)10;/h3-10,13-15,24H,11-12H2,1-2H3,(H2,23,25,26,27);3-8H,1-2H3,(H,14,15,16);1-4,7,12H,5-6,11H2;1H4. The van der Waals surface area contributed by atoms with Crippen molar-refractivity contribution in [2.24, 2.45) is 5.73 Å². The van der Waals surface area contributed by atoms with Gasteiger partial charge in [-0.1, -0.05) is 55.4 Å². The van der Waals surface area contributed by atoms with Crippen LogP contribution in [0.25, 0.3) is 21.8 Å². The molecule has 0 aliphatic carbocycles. The second-order valence-electron chi connectivity index (χ2n) is 14.5. The number of benzene rings is 4. The molecule has 8 aromatic rings. The number of nitrogens with one attached hydrogen (secondary N) is 5. The van der Waals surface area contributed by atoms with Gasteiger partial charge in [-0.3, -0.25) is 0 Å². The van der Waals surface area contributed by atoms with Crippen LogP contribution < -0.4 is 32.3 Å². The minimum absolute atomic E-state index is 0. The molecule has 0 fully saturated rings. The van der Waals surface area contributed by atoms with Gasteiger partial charge in [-0.2, -0.15) is 0 Å². The van der Waals surface area contributed by atoms with Gasteiger partial charge in [0.2, 0.25) is 0 Å². The summed E-state index contributed by atoms with van der Waals surface area (Å²) >= 11 is 5.77. The lowest BCUT2D eigenvalue weighted by Crippen LogP contribution is -2.07. The fourth-order valence-corrected chi connectivity index (χ4v) is 8.07. The van der Waals surface area contributed by atoms with E-state index < -0.39 is 14.3 Å². The molecule has 0 radical (unpaired) electrons. The molecule has 0 amide bonds. The fraction of sp³-hybridized carbons (Fsp3) is 0.200. The number of rotatable bonds is 12. The molecule has 312 valence electrons. The summed E-state index contributed by atoms with van der Waals surface area (Å²) in [7, 11) is -4.45. The number of H-pyrrole nitrogens is 2. The Kier molecular flexibility index (Phi) is 15.8. The van der Waals surface area contributed by atoms with Gasteiger partial charge in [0.1, 0.15) is 49.5 Å². The Labute approximate surface area is 357 Å². The van der Waals surface area contributed by atoms with Crippen molar-refractivity contribution in [2.45, 2.75) is 20.3 Å². The summed E-state index contributed by atoms with van der Waals surface area (Å²) in [6.07, 6.45) is 8.88. The zero-order valence-corrected chi connectivity index (χ0v) is 36.0. The molecular weight excluding hydrogens is 810 g/mol. The van der Waals surface area contributed by atoms with Crippen molar-refractivity contribution in [1.82, 2.24) is 29.9 Å². The molecule has 12 nitrogen and oxygen atoms in total. The number of aromatic amines is 2. The van der Waals surface area contributed by atoms with Crippen molar-refractivity contribution in [3.8, 4) is 0 Å². The molecule has 0 aliphatic rings. The highest BCUT2D eigenvalue weighted by molar-refractivity contribution is 7.70. The highest BCUT2D eigenvalue weighted by atomic mass is 35.5. The van der Waals surface area contributed by atoms with Gasteiger partial charge in [0.25, 0.3) is 0 Å². The topological polar surface area (TPSA) is 179 Å².